The highest BCUT2D eigenvalue weighted by Gasteiger charge is 2.32. The summed E-state index contributed by atoms with van der Waals surface area (Å²) in [5.41, 5.74) is 1.99. The lowest BCUT2D eigenvalue weighted by Crippen LogP contribution is -2.54. The van der Waals surface area contributed by atoms with Crippen molar-refractivity contribution in [1.82, 2.24) is 4.31 Å². The average molecular weight is 330 g/mol. The highest BCUT2D eigenvalue weighted by Crippen LogP contribution is 2.22. The molecule has 1 aliphatic heterocycles. The molecule has 2 aromatic rings. The smallest absolute Gasteiger partial charge is 0.218 e. The zero-order valence-corrected chi connectivity index (χ0v) is 14.1. The van der Waals surface area contributed by atoms with Gasteiger partial charge in [-0.3, -0.25) is 0 Å². The van der Waals surface area contributed by atoms with Crippen molar-refractivity contribution in [1.29, 1.82) is 0 Å². The Balaban J connectivity index is 1.70. The second kappa shape index (κ2) is 6.72. The number of piperazine rings is 1. The van der Waals surface area contributed by atoms with E-state index in [9.17, 15) is 8.42 Å². The zero-order valence-electron chi connectivity index (χ0n) is 13.3. The van der Waals surface area contributed by atoms with Gasteiger partial charge in [-0.1, -0.05) is 48.5 Å². The summed E-state index contributed by atoms with van der Waals surface area (Å²) in [6.45, 7) is 3.96. The molecule has 0 aromatic heterocycles. The number of nitrogens with zero attached hydrogens (tertiary/aromatic N) is 2. The molecular formula is C18H22N2O2S. The van der Waals surface area contributed by atoms with E-state index >= 15 is 0 Å². The molecule has 1 fully saturated rings. The fourth-order valence-corrected chi connectivity index (χ4v) is 4.85. The van der Waals surface area contributed by atoms with Crippen LogP contribution in [0.4, 0.5) is 5.69 Å². The van der Waals surface area contributed by atoms with Gasteiger partial charge in [-0.2, -0.15) is 4.31 Å². The van der Waals surface area contributed by atoms with Crippen molar-refractivity contribution < 1.29 is 8.42 Å². The second-order valence-electron chi connectivity index (χ2n) is 5.98. The van der Waals surface area contributed by atoms with E-state index in [-0.39, 0.29) is 11.8 Å². The fraction of sp³-hybridized carbons (Fsp3) is 0.333. The minimum atomic E-state index is -3.28. The van der Waals surface area contributed by atoms with E-state index in [4.69, 9.17) is 0 Å². The van der Waals surface area contributed by atoms with Gasteiger partial charge in [-0.15, -0.1) is 0 Å². The van der Waals surface area contributed by atoms with Gasteiger partial charge in [0.15, 0.2) is 0 Å². The molecule has 0 bridgehead atoms. The molecular weight excluding hydrogens is 308 g/mol. The molecule has 0 aliphatic carbocycles. The van der Waals surface area contributed by atoms with Crippen LogP contribution in [0.3, 0.4) is 0 Å². The fourth-order valence-electron chi connectivity index (χ4n) is 3.10. The summed E-state index contributed by atoms with van der Waals surface area (Å²) in [5.74, 6) is 0.0729. The van der Waals surface area contributed by atoms with Gasteiger partial charge in [0.2, 0.25) is 10.0 Å². The third-order valence-corrected chi connectivity index (χ3v) is 6.19. The molecule has 1 saturated heterocycles. The van der Waals surface area contributed by atoms with Crippen LogP contribution in [0.15, 0.2) is 60.7 Å². The molecule has 5 heteroatoms. The van der Waals surface area contributed by atoms with Crippen molar-refractivity contribution in [3.05, 3.63) is 66.2 Å². The molecule has 23 heavy (non-hydrogen) atoms. The second-order valence-corrected chi connectivity index (χ2v) is 7.90. The molecule has 122 valence electrons. The first-order chi connectivity index (χ1) is 11.1. The van der Waals surface area contributed by atoms with E-state index in [2.05, 4.69) is 17.0 Å². The summed E-state index contributed by atoms with van der Waals surface area (Å²) in [6.07, 6.45) is 0. The molecule has 4 nitrogen and oxygen atoms in total. The number of rotatable bonds is 4. The first-order valence-electron chi connectivity index (χ1n) is 7.90. The molecule has 1 heterocycles. The summed E-state index contributed by atoms with van der Waals surface area (Å²) in [6, 6.07) is 19.5. The Morgan fingerprint density at radius 1 is 0.957 bits per heavy atom. The van der Waals surface area contributed by atoms with E-state index in [1.165, 1.54) is 0 Å². The normalized spacial score (nSPS) is 19.7. The van der Waals surface area contributed by atoms with Crippen molar-refractivity contribution in [3.8, 4) is 0 Å². The van der Waals surface area contributed by atoms with E-state index in [1.807, 2.05) is 55.5 Å². The Bertz CT molecular complexity index is 732. The summed E-state index contributed by atoms with van der Waals surface area (Å²) in [7, 11) is -3.28. The predicted molar refractivity (Wildman–Crippen MR) is 93.9 cm³/mol. The van der Waals surface area contributed by atoms with Gasteiger partial charge in [-0.05, 0) is 24.6 Å². The lowest BCUT2D eigenvalue weighted by atomic mass is 10.2. The third kappa shape index (κ3) is 3.74. The minimum absolute atomic E-state index is 0.0299. The molecule has 1 aliphatic rings. The number of anilines is 1. The largest absolute Gasteiger partial charge is 0.369 e. The molecule has 1 unspecified atom stereocenters. The summed E-state index contributed by atoms with van der Waals surface area (Å²) in [4.78, 5) is 2.25. The first-order valence-corrected chi connectivity index (χ1v) is 9.50. The van der Waals surface area contributed by atoms with Gasteiger partial charge in [0.05, 0.1) is 5.75 Å². The zero-order chi connectivity index (χ0) is 16.3. The molecule has 0 spiro atoms. The Morgan fingerprint density at radius 2 is 1.57 bits per heavy atom. The molecule has 3 rings (SSSR count). The summed E-state index contributed by atoms with van der Waals surface area (Å²) < 4.78 is 27.1. The maximum absolute atomic E-state index is 12.7. The molecule has 2 aromatic carbocycles. The number of sulfonamides is 1. The van der Waals surface area contributed by atoms with Gasteiger partial charge < -0.3 is 4.90 Å². The van der Waals surface area contributed by atoms with Crippen molar-refractivity contribution in [3.63, 3.8) is 0 Å². The van der Waals surface area contributed by atoms with Crippen molar-refractivity contribution in [2.75, 3.05) is 24.5 Å². The summed E-state index contributed by atoms with van der Waals surface area (Å²) >= 11 is 0. The van der Waals surface area contributed by atoms with E-state index in [1.54, 1.807) is 4.31 Å². The lowest BCUT2D eigenvalue weighted by molar-refractivity contribution is 0.306. The number of para-hydroxylation sites is 1. The van der Waals surface area contributed by atoms with Gasteiger partial charge >= 0.3 is 0 Å². The quantitative estimate of drug-likeness (QED) is 0.865. The van der Waals surface area contributed by atoms with Crippen molar-refractivity contribution in [2.45, 2.75) is 18.7 Å². The van der Waals surface area contributed by atoms with Crippen LogP contribution >= 0.6 is 0 Å². The monoisotopic (exact) mass is 330 g/mol. The van der Waals surface area contributed by atoms with E-state index in [0.29, 0.717) is 6.54 Å². The van der Waals surface area contributed by atoms with Crippen LogP contribution in [0.1, 0.15) is 12.5 Å². The lowest BCUT2D eigenvalue weighted by Gasteiger charge is -2.40. The topological polar surface area (TPSA) is 40.6 Å². The molecule has 0 saturated carbocycles. The average Bonchev–Trinajstić information content (AvgIpc) is 2.56. The van der Waals surface area contributed by atoms with Gasteiger partial charge in [0.1, 0.15) is 0 Å². The number of hydrogen-bond acceptors (Lipinski definition) is 3. The van der Waals surface area contributed by atoms with E-state index < -0.39 is 10.0 Å². The van der Waals surface area contributed by atoms with Gasteiger partial charge in [0.25, 0.3) is 0 Å². The van der Waals surface area contributed by atoms with Crippen molar-refractivity contribution in [2.24, 2.45) is 0 Å². The third-order valence-electron chi connectivity index (χ3n) is 4.24. The number of benzene rings is 2. The van der Waals surface area contributed by atoms with Crippen molar-refractivity contribution >= 4 is 15.7 Å². The number of hydrogen-bond donors (Lipinski definition) is 0. The van der Waals surface area contributed by atoms with E-state index in [0.717, 1.165) is 24.3 Å². The van der Waals surface area contributed by atoms with Crippen LogP contribution in [-0.4, -0.2) is 38.4 Å². The maximum atomic E-state index is 12.7. The van der Waals surface area contributed by atoms with Crippen LogP contribution in [0.25, 0.3) is 0 Å². The summed E-state index contributed by atoms with van der Waals surface area (Å²) in [5, 5.41) is 0. The SMILES string of the molecule is CC1CN(c2ccccc2)CCN1S(=O)(=O)Cc1ccccc1. The van der Waals surface area contributed by atoms with Crippen LogP contribution in [-0.2, 0) is 15.8 Å². The predicted octanol–water partition coefficient (Wildman–Crippen LogP) is 2.73. The molecule has 1 atom stereocenters. The first kappa shape index (κ1) is 16.0. The standard InChI is InChI=1S/C18H22N2O2S/c1-16-14-19(18-10-6-3-7-11-18)12-13-20(16)23(21,22)15-17-8-4-2-5-9-17/h2-11,16H,12-15H2,1H3. The van der Waals surface area contributed by atoms with Gasteiger partial charge in [-0.25, -0.2) is 8.42 Å². The Hall–Kier alpha value is -1.85. The Morgan fingerprint density at radius 3 is 2.17 bits per heavy atom. The highest BCUT2D eigenvalue weighted by atomic mass is 32.2. The van der Waals surface area contributed by atoms with Crippen LogP contribution in [0.2, 0.25) is 0 Å². The Labute approximate surface area is 138 Å². The molecule has 0 amide bonds. The molecule has 0 radical (unpaired) electrons. The van der Waals surface area contributed by atoms with Gasteiger partial charge in [0, 0.05) is 31.4 Å². The van der Waals surface area contributed by atoms with Crippen LogP contribution in [0, 0.1) is 0 Å². The minimum Gasteiger partial charge on any atom is -0.369 e. The maximum Gasteiger partial charge on any atom is 0.218 e. The molecule has 0 N–H and O–H groups in total. The van der Waals surface area contributed by atoms with Crippen LogP contribution in [0.5, 0.6) is 0 Å². The van der Waals surface area contributed by atoms with Crippen LogP contribution < -0.4 is 4.90 Å². The highest BCUT2D eigenvalue weighted by molar-refractivity contribution is 7.88. The Kier molecular flexibility index (Phi) is 4.68.